The summed E-state index contributed by atoms with van der Waals surface area (Å²) in [5, 5.41) is 17.0. The number of alkyl halides is 3. The van der Waals surface area contributed by atoms with Crippen LogP contribution in [0, 0.1) is 5.41 Å². The van der Waals surface area contributed by atoms with Gasteiger partial charge in [0.2, 0.25) is 0 Å². The van der Waals surface area contributed by atoms with Gasteiger partial charge in [-0.05, 0) is 26.3 Å². The normalized spacial score (nSPS) is 11.9. The second kappa shape index (κ2) is 13.0. The van der Waals surface area contributed by atoms with Crippen LogP contribution in [0.15, 0.2) is 0 Å². The van der Waals surface area contributed by atoms with Crippen molar-refractivity contribution >= 4 is 18.2 Å². The standard InChI is InChI=1S/C10H21N3O2.C2HF3O2/c1-2-15-10(14)9(13-8-7-12)5-3-4-6-11;3-2(4,5)1(6)7/h7,9,12-13H,2-6,8,11H2,1H3;(H,6,7)/t9-;/m0./s1. The van der Waals surface area contributed by atoms with Gasteiger partial charge in [-0.25, -0.2) is 4.79 Å². The largest absolute Gasteiger partial charge is 0.490 e. The van der Waals surface area contributed by atoms with E-state index in [0.717, 1.165) is 12.8 Å². The zero-order chi connectivity index (χ0) is 17.6. The van der Waals surface area contributed by atoms with Gasteiger partial charge >= 0.3 is 18.1 Å². The van der Waals surface area contributed by atoms with Gasteiger partial charge in [0, 0.05) is 12.8 Å². The number of carbonyl (C=O) groups excluding carboxylic acids is 1. The van der Waals surface area contributed by atoms with E-state index in [1.807, 2.05) is 0 Å². The molecule has 0 radical (unpaired) electrons. The van der Waals surface area contributed by atoms with Gasteiger partial charge in [-0.3, -0.25) is 10.1 Å². The van der Waals surface area contributed by atoms with Crippen LogP contribution < -0.4 is 11.1 Å². The van der Waals surface area contributed by atoms with Gasteiger partial charge in [0.15, 0.2) is 0 Å². The lowest BCUT2D eigenvalue weighted by atomic mass is 10.1. The predicted octanol–water partition coefficient (Wildman–Crippen LogP) is 0.920. The van der Waals surface area contributed by atoms with E-state index in [2.05, 4.69) is 5.32 Å². The molecular weight excluding hydrogens is 307 g/mol. The molecule has 0 unspecified atom stereocenters. The maximum Gasteiger partial charge on any atom is 0.490 e. The van der Waals surface area contributed by atoms with Crippen LogP contribution in [0.25, 0.3) is 0 Å². The van der Waals surface area contributed by atoms with Crippen LogP contribution in [0.4, 0.5) is 13.2 Å². The van der Waals surface area contributed by atoms with Crippen molar-refractivity contribution in [2.24, 2.45) is 5.73 Å². The smallest absolute Gasteiger partial charge is 0.475 e. The fourth-order valence-electron chi connectivity index (χ4n) is 1.24. The molecule has 0 spiro atoms. The maximum atomic E-state index is 11.5. The number of carboxylic acid groups (broad SMARTS) is 1. The van der Waals surface area contributed by atoms with Gasteiger partial charge in [0.25, 0.3) is 0 Å². The van der Waals surface area contributed by atoms with Crippen LogP contribution in [0.5, 0.6) is 0 Å². The molecule has 0 bridgehead atoms. The van der Waals surface area contributed by atoms with Crippen LogP contribution in [-0.2, 0) is 14.3 Å². The number of carboxylic acids is 1. The molecular formula is C12H22F3N3O4. The molecule has 1 atom stereocenters. The second-order valence-corrected chi connectivity index (χ2v) is 4.00. The Balaban J connectivity index is 0. The lowest BCUT2D eigenvalue weighted by Crippen LogP contribution is -2.39. The summed E-state index contributed by atoms with van der Waals surface area (Å²) in [6.45, 7) is 3.20. The van der Waals surface area contributed by atoms with Gasteiger partial charge in [0.05, 0.1) is 6.61 Å². The topological polar surface area (TPSA) is 125 Å². The van der Waals surface area contributed by atoms with Crippen molar-refractivity contribution in [3.8, 4) is 0 Å². The highest BCUT2D eigenvalue weighted by molar-refractivity contribution is 5.76. The molecule has 0 fully saturated rings. The van der Waals surface area contributed by atoms with Crippen molar-refractivity contribution < 1.29 is 32.6 Å². The van der Waals surface area contributed by atoms with Crippen LogP contribution in [0.1, 0.15) is 26.2 Å². The lowest BCUT2D eigenvalue weighted by Gasteiger charge is -2.15. The van der Waals surface area contributed by atoms with Gasteiger partial charge in [0.1, 0.15) is 6.04 Å². The number of esters is 1. The summed E-state index contributed by atoms with van der Waals surface area (Å²) >= 11 is 0. The Morgan fingerprint density at radius 3 is 2.32 bits per heavy atom. The molecule has 10 heteroatoms. The summed E-state index contributed by atoms with van der Waals surface area (Å²) in [5.41, 5.74) is 5.38. The van der Waals surface area contributed by atoms with E-state index in [1.165, 1.54) is 6.21 Å². The van der Waals surface area contributed by atoms with Crippen molar-refractivity contribution in [2.45, 2.75) is 38.4 Å². The van der Waals surface area contributed by atoms with E-state index in [4.69, 9.17) is 25.8 Å². The number of hydrogen-bond donors (Lipinski definition) is 4. The SMILES string of the molecule is CCOC(=O)[C@H](CCCCN)NCC=N.O=C(O)C(F)(F)F. The molecule has 22 heavy (non-hydrogen) atoms. The molecule has 0 heterocycles. The first-order valence-electron chi connectivity index (χ1n) is 6.59. The summed E-state index contributed by atoms with van der Waals surface area (Å²) in [7, 11) is 0. The molecule has 0 saturated carbocycles. The summed E-state index contributed by atoms with van der Waals surface area (Å²) < 4.78 is 36.7. The van der Waals surface area contributed by atoms with Crippen LogP contribution >= 0.6 is 0 Å². The third-order valence-electron chi connectivity index (χ3n) is 2.23. The van der Waals surface area contributed by atoms with E-state index in [1.54, 1.807) is 6.92 Å². The molecule has 0 aliphatic rings. The highest BCUT2D eigenvalue weighted by atomic mass is 19.4. The van der Waals surface area contributed by atoms with Crippen molar-refractivity contribution in [1.82, 2.24) is 5.32 Å². The number of nitrogens with two attached hydrogens (primary N) is 1. The van der Waals surface area contributed by atoms with Gasteiger partial charge < -0.3 is 21.0 Å². The molecule has 0 aliphatic carbocycles. The predicted molar refractivity (Wildman–Crippen MR) is 73.8 cm³/mol. The Morgan fingerprint density at radius 2 is 1.95 bits per heavy atom. The number of unbranched alkanes of at least 4 members (excludes halogenated alkanes) is 1. The van der Waals surface area contributed by atoms with Crippen molar-refractivity contribution in [3.63, 3.8) is 0 Å². The fourth-order valence-corrected chi connectivity index (χ4v) is 1.24. The molecule has 0 aromatic carbocycles. The molecule has 0 aliphatic heterocycles. The molecule has 0 aromatic rings. The number of carbonyl (C=O) groups is 2. The average molecular weight is 329 g/mol. The summed E-state index contributed by atoms with van der Waals surface area (Å²) in [6.07, 6.45) is -1.34. The Bertz CT molecular complexity index is 338. The number of aliphatic carboxylic acids is 1. The minimum absolute atomic E-state index is 0.239. The Hall–Kier alpha value is -1.68. The molecule has 0 aromatic heterocycles. The number of nitrogens with one attached hydrogen (secondary N) is 2. The minimum Gasteiger partial charge on any atom is -0.475 e. The first kappa shape index (κ1) is 22.6. The maximum absolute atomic E-state index is 11.5. The van der Waals surface area contributed by atoms with E-state index in [9.17, 15) is 18.0 Å². The minimum atomic E-state index is -5.08. The van der Waals surface area contributed by atoms with Crippen LogP contribution in [0.3, 0.4) is 0 Å². The molecule has 130 valence electrons. The molecule has 0 rings (SSSR count). The molecule has 7 nitrogen and oxygen atoms in total. The summed E-state index contributed by atoms with van der Waals surface area (Å²) in [4.78, 5) is 20.3. The van der Waals surface area contributed by atoms with Gasteiger partial charge in [-0.15, -0.1) is 0 Å². The summed E-state index contributed by atoms with van der Waals surface area (Å²) in [6, 6.07) is -0.307. The number of hydrogen-bond acceptors (Lipinski definition) is 6. The number of rotatable bonds is 9. The third-order valence-corrected chi connectivity index (χ3v) is 2.23. The molecule has 5 N–H and O–H groups in total. The first-order chi connectivity index (χ1) is 10.2. The zero-order valence-electron chi connectivity index (χ0n) is 12.3. The first-order valence-corrected chi connectivity index (χ1v) is 6.59. The molecule has 0 saturated heterocycles. The van der Waals surface area contributed by atoms with E-state index < -0.39 is 12.1 Å². The highest BCUT2D eigenvalue weighted by Crippen LogP contribution is 2.13. The Morgan fingerprint density at radius 1 is 1.41 bits per heavy atom. The van der Waals surface area contributed by atoms with E-state index in [-0.39, 0.29) is 12.0 Å². The fraction of sp³-hybridized carbons (Fsp3) is 0.750. The lowest BCUT2D eigenvalue weighted by molar-refractivity contribution is -0.192. The van der Waals surface area contributed by atoms with Gasteiger partial charge in [-0.2, -0.15) is 13.2 Å². The van der Waals surface area contributed by atoms with Gasteiger partial charge in [-0.1, -0.05) is 6.42 Å². The number of halogens is 3. The Labute approximate surface area is 126 Å². The quantitative estimate of drug-likeness (QED) is 0.283. The monoisotopic (exact) mass is 329 g/mol. The van der Waals surface area contributed by atoms with E-state index in [0.29, 0.717) is 26.1 Å². The highest BCUT2D eigenvalue weighted by Gasteiger charge is 2.38. The van der Waals surface area contributed by atoms with E-state index >= 15 is 0 Å². The zero-order valence-corrected chi connectivity index (χ0v) is 12.3. The van der Waals surface area contributed by atoms with Crippen molar-refractivity contribution in [3.05, 3.63) is 0 Å². The second-order valence-electron chi connectivity index (χ2n) is 4.00. The average Bonchev–Trinajstić information content (AvgIpc) is 2.42. The Kier molecular flexibility index (Phi) is 13.4. The molecule has 0 amide bonds. The van der Waals surface area contributed by atoms with Crippen LogP contribution in [-0.4, -0.2) is 55.2 Å². The van der Waals surface area contributed by atoms with Crippen LogP contribution in [0.2, 0.25) is 0 Å². The third kappa shape index (κ3) is 13.3. The van der Waals surface area contributed by atoms with Crippen molar-refractivity contribution in [1.29, 1.82) is 5.41 Å². The van der Waals surface area contributed by atoms with Crippen molar-refractivity contribution in [2.75, 3.05) is 19.7 Å². The summed E-state index contributed by atoms with van der Waals surface area (Å²) in [5.74, 6) is -3.00. The number of ether oxygens (including phenoxy) is 1.